The first-order valence-corrected chi connectivity index (χ1v) is 14.2. The zero-order valence-electron chi connectivity index (χ0n) is 23.1. The van der Waals surface area contributed by atoms with E-state index in [1.165, 1.54) is 44.0 Å². The quantitative estimate of drug-likeness (QED) is 0.230. The fourth-order valence-electron chi connectivity index (χ4n) is 6.74. The highest BCUT2D eigenvalue weighted by Crippen LogP contribution is 2.53. The molecule has 194 valence electrons. The van der Waals surface area contributed by atoms with E-state index in [1.54, 1.807) is 0 Å². The SMILES string of the molecule is CC1(C)c2c(-c3cccc(-c4ccccc4)c3)nc(-c3cccc4ccccc34)nc2-c2ccc3ccccc3c21. The summed E-state index contributed by atoms with van der Waals surface area (Å²) in [7, 11) is 0. The second-order valence-electron chi connectivity index (χ2n) is 11.4. The molecule has 0 radical (unpaired) electrons. The lowest BCUT2D eigenvalue weighted by Gasteiger charge is -2.25. The van der Waals surface area contributed by atoms with Crippen molar-refractivity contribution in [2.24, 2.45) is 0 Å². The molecule has 0 spiro atoms. The van der Waals surface area contributed by atoms with E-state index in [0.29, 0.717) is 0 Å². The van der Waals surface area contributed by atoms with Crippen molar-refractivity contribution in [1.29, 1.82) is 0 Å². The van der Waals surface area contributed by atoms with E-state index in [9.17, 15) is 0 Å². The summed E-state index contributed by atoms with van der Waals surface area (Å²) in [6.45, 7) is 4.66. The van der Waals surface area contributed by atoms with Crippen LogP contribution in [0.1, 0.15) is 25.0 Å². The minimum atomic E-state index is -0.277. The van der Waals surface area contributed by atoms with Crippen molar-refractivity contribution in [2.45, 2.75) is 19.3 Å². The Bertz CT molecular complexity index is 2120. The van der Waals surface area contributed by atoms with Crippen molar-refractivity contribution in [3.05, 3.63) is 145 Å². The van der Waals surface area contributed by atoms with Gasteiger partial charge in [-0.05, 0) is 44.3 Å². The number of benzene rings is 6. The molecule has 1 aromatic heterocycles. The highest BCUT2D eigenvalue weighted by atomic mass is 14.9. The maximum Gasteiger partial charge on any atom is 0.161 e. The Balaban J connectivity index is 1.46. The molecule has 0 atom stereocenters. The van der Waals surface area contributed by atoms with Gasteiger partial charge in [0.05, 0.1) is 11.4 Å². The number of hydrogen-bond donors (Lipinski definition) is 0. The zero-order chi connectivity index (χ0) is 27.6. The molecule has 8 rings (SSSR count). The first kappa shape index (κ1) is 23.8. The molecule has 7 aromatic rings. The first-order chi connectivity index (χ1) is 20.1. The summed E-state index contributed by atoms with van der Waals surface area (Å²) in [5, 5.41) is 4.88. The van der Waals surface area contributed by atoms with Crippen LogP contribution in [0.15, 0.2) is 133 Å². The molecule has 0 saturated carbocycles. The fourth-order valence-corrected chi connectivity index (χ4v) is 6.74. The Morgan fingerprint density at radius 1 is 0.439 bits per heavy atom. The van der Waals surface area contributed by atoms with Gasteiger partial charge in [0, 0.05) is 27.7 Å². The molecule has 0 bridgehead atoms. The number of fused-ring (bicyclic) bond motifs is 6. The predicted molar refractivity (Wildman–Crippen MR) is 171 cm³/mol. The average Bonchev–Trinajstić information content (AvgIpc) is 3.27. The van der Waals surface area contributed by atoms with Crippen molar-refractivity contribution in [1.82, 2.24) is 9.97 Å². The van der Waals surface area contributed by atoms with E-state index in [2.05, 4.69) is 147 Å². The van der Waals surface area contributed by atoms with Crippen LogP contribution in [0.3, 0.4) is 0 Å². The van der Waals surface area contributed by atoms with Gasteiger partial charge in [0.1, 0.15) is 0 Å². The summed E-state index contributed by atoms with van der Waals surface area (Å²) in [5.74, 6) is 0.762. The third kappa shape index (κ3) is 3.64. The van der Waals surface area contributed by atoms with Crippen LogP contribution in [-0.4, -0.2) is 9.97 Å². The molecular formula is C39H28N2. The largest absolute Gasteiger partial charge is 0.228 e. The van der Waals surface area contributed by atoms with Gasteiger partial charge in [0.15, 0.2) is 5.82 Å². The van der Waals surface area contributed by atoms with E-state index in [1.807, 2.05) is 0 Å². The minimum absolute atomic E-state index is 0.277. The summed E-state index contributed by atoms with van der Waals surface area (Å²) < 4.78 is 0. The molecule has 6 aromatic carbocycles. The van der Waals surface area contributed by atoms with Crippen LogP contribution in [0.4, 0.5) is 0 Å². The van der Waals surface area contributed by atoms with Crippen LogP contribution < -0.4 is 0 Å². The van der Waals surface area contributed by atoms with E-state index < -0.39 is 0 Å². The Hall–Kier alpha value is -5.08. The van der Waals surface area contributed by atoms with Crippen LogP contribution in [0.5, 0.6) is 0 Å². The second-order valence-corrected chi connectivity index (χ2v) is 11.4. The maximum absolute atomic E-state index is 5.42. The molecular weight excluding hydrogens is 496 g/mol. The summed E-state index contributed by atoms with van der Waals surface area (Å²) in [5.41, 5.74) is 10.0. The van der Waals surface area contributed by atoms with Crippen LogP contribution in [0.25, 0.3) is 66.6 Å². The van der Waals surface area contributed by atoms with Crippen LogP contribution >= 0.6 is 0 Å². The van der Waals surface area contributed by atoms with Gasteiger partial charge in [-0.15, -0.1) is 0 Å². The predicted octanol–water partition coefficient (Wildman–Crippen LogP) is 10.1. The summed E-state index contributed by atoms with van der Waals surface area (Å²) >= 11 is 0. The summed E-state index contributed by atoms with van der Waals surface area (Å²) in [4.78, 5) is 10.8. The maximum atomic E-state index is 5.42. The molecule has 1 aliphatic carbocycles. The van der Waals surface area contributed by atoms with Crippen LogP contribution in [-0.2, 0) is 5.41 Å². The van der Waals surface area contributed by atoms with E-state index in [-0.39, 0.29) is 5.41 Å². The molecule has 0 amide bonds. The standard InChI is InChI=1S/C39H28N2/c1-39(2)34-31-20-9-7-15-27(31)22-23-33(34)37-35(39)36(29-18-10-17-28(24-29)25-12-4-3-5-13-25)40-38(41-37)32-21-11-16-26-14-6-8-19-30(26)32/h3-24H,1-2H3. The van der Waals surface area contributed by atoms with Crippen molar-refractivity contribution < 1.29 is 0 Å². The number of rotatable bonds is 3. The van der Waals surface area contributed by atoms with Crippen LogP contribution in [0, 0.1) is 0 Å². The number of hydrogen-bond acceptors (Lipinski definition) is 2. The third-order valence-electron chi connectivity index (χ3n) is 8.62. The Morgan fingerprint density at radius 3 is 1.88 bits per heavy atom. The van der Waals surface area contributed by atoms with Crippen molar-refractivity contribution in [3.8, 4) is 45.0 Å². The van der Waals surface area contributed by atoms with E-state index in [4.69, 9.17) is 9.97 Å². The molecule has 41 heavy (non-hydrogen) atoms. The number of nitrogens with zero attached hydrogens (tertiary/aromatic N) is 2. The normalized spacial score (nSPS) is 13.3. The average molecular weight is 525 g/mol. The van der Waals surface area contributed by atoms with Gasteiger partial charge in [0.2, 0.25) is 0 Å². The molecule has 2 heteroatoms. The van der Waals surface area contributed by atoms with Gasteiger partial charge in [-0.25, -0.2) is 9.97 Å². The van der Waals surface area contributed by atoms with Gasteiger partial charge in [0.25, 0.3) is 0 Å². The van der Waals surface area contributed by atoms with Gasteiger partial charge >= 0.3 is 0 Å². The third-order valence-corrected chi connectivity index (χ3v) is 8.62. The van der Waals surface area contributed by atoms with E-state index in [0.717, 1.165) is 33.7 Å². The van der Waals surface area contributed by atoms with Crippen molar-refractivity contribution in [3.63, 3.8) is 0 Å². The Labute approximate surface area is 240 Å². The monoisotopic (exact) mass is 524 g/mol. The van der Waals surface area contributed by atoms with Gasteiger partial charge in [-0.1, -0.05) is 141 Å². The highest BCUT2D eigenvalue weighted by molar-refractivity contribution is 6.00. The molecule has 0 fully saturated rings. The molecule has 0 N–H and O–H groups in total. The van der Waals surface area contributed by atoms with Gasteiger partial charge in [-0.3, -0.25) is 0 Å². The minimum Gasteiger partial charge on any atom is -0.228 e. The van der Waals surface area contributed by atoms with E-state index >= 15 is 0 Å². The molecule has 0 saturated heterocycles. The van der Waals surface area contributed by atoms with Crippen molar-refractivity contribution in [2.75, 3.05) is 0 Å². The van der Waals surface area contributed by atoms with Crippen LogP contribution in [0.2, 0.25) is 0 Å². The molecule has 0 unspecified atom stereocenters. The number of aromatic nitrogens is 2. The highest BCUT2D eigenvalue weighted by Gasteiger charge is 2.41. The molecule has 1 aliphatic rings. The molecule has 1 heterocycles. The first-order valence-electron chi connectivity index (χ1n) is 14.2. The lowest BCUT2D eigenvalue weighted by atomic mass is 9.78. The van der Waals surface area contributed by atoms with Gasteiger partial charge < -0.3 is 0 Å². The summed E-state index contributed by atoms with van der Waals surface area (Å²) in [6, 6.07) is 47.5. The fraction of sp³-hybridized carbons (Fsp3) is 0.0769. The smallest absolute Gasteiger partial charge is 0.161 e. The lowest BCUT2D eigenvalue weighted by Crippen LogP contribution is -2.18. The molecule has 0 aliphatic heterocycles. The Morgan fingerprint density at radius 2 is 1.05 bits per heavy atom. The zero-order valence-corrected chi connectivity index (χ0v) is 23.1. The summed E-state index contributed by atoms with van der Waals surface area (Å²) in [6.07, 6.45) is 0. The van der Waals surface area contributed by atoms with Gasteiger partial charge in [-0.2, -0.15) is 0 Å². The second kappa shape index (κ2) is 8.97. The molecule has 2 nitrogen and oxygen atoms in total. The lowest BCUT2D eigenvalue weighted by molar-refractivity contribution is 0.663. The topological polar surface area (TPSA) is 25.8 Å². The Kier molecular flexibility index (Phi) is 5.20. The van der Waals surface area contributed by atoms with Crippen molar-refractivity contribution >= 4 is 21.5 Å².